The van der Waals surface area contributed by atoms with Crippen molar-refractivity contribution in [2.75, 3.05) is 26.3 Å². The van der Waals surface area contributed by atoms with E-state index in [9.17, 15) is 20.2 Å². The van der Waals surface area contributed by atoms with Gasteiger partial charge in [0.05, 0.1) is 0 Å². The van der Waals surface area contributed by atoms with E-state index in [1.165, 1.54) is 0 Å². The predicted octanol–water partition coefficient (Wildman–Crippen LogP) is 7.02. The van der Waals surface area contributed by atoms with Gasteiger partial charge >= 0.3 is 0 Å². The zero-order valence-electron chi connectivity index (χ0n) is 23.5. The molecule has 0 heterocycles. The van der Waals surface area contributed by atoms with Crippen molar-refractivity contribution in [1.82, 2.24) is 0 Å². The van der Waals surface area contributed by atoms with Crippen molar-refractivity contribution in [2.45, 2.75) is 36.9 Å². The fraction of sp³-hybridized carbons (Fsp3) is 0.294. The minimum Gasteiger partial charge on any atom is -0.359 e. The molecule has 0 radical (unpaired) electrons. The third kappa shape index (κ3) is 7.66. The Morgan fingerprint density at radius 3 is 0.952 bits per heavy atom. The van der Waals surface area contributed by atoms with Crippen LogP contribution < -0.4 is 0 Å². The van der Waals surface area contributed by atoms with E-state index in [2.05, 4.69) is 0 Å². The van der Waals surface area contributed by atoms with E-state index < -0.39 is 11.2 Å². The molecule has 0 amide bonds. The van der Waals surface area contributed by atoms with E-state index in [-0.39, 0.29) is 22.9 Å². The lowest BCUT2D eigenvalue weighted by Gasteiger charge is -2.32. The second kappa shape index (κ2) is 15.0. The summed E-state index contributed by atoms with van der Waals surface area (Å²) < 4.78 is 12.8. The molecule has 4 rings (SSSR count). The highest BCUT2D eigenvalue weighted by Gasteiger charge is 2.42. The largest absolute Gasteiger partial charge is 0.359 e. The Morgan fingerprint density at radius 1 is 0.452 bits per heavy atom. The van der Waals surface area contributed by atoms with Crippen LogP contribution in [0.1, 0.15) is 47.9 Å². The molecule has 0 aliphatic heterocycles. The molecule has 0 N–H and O–H groups in total. The summed E-state index contributed by atoms with van der Waals surface area (Å²) in [4.78, 5) is 22.9. The summed E-state index contributed by atoms with van der Waals surface area (Å²) >= 11 is 0. The second-order valence-electron chi connectivity index (χ2n) is 10.2. The first-order valence-corrected chi connectivity index (χ1v) is 14.2. The Kier molecular flexibility index (Phi) is 10.9. The van der Waals surface area contributed by atoms with E-state index in [1.54, 1.807) is 0 Å². The molecule has 0 fully saturated rings. The third-order valence-corrected chi connectivity index (χ3v) is 7.40. The molecule has 0 saturated heterocycles. The van der Waals surface area contributed by atoms with Gasteiger partial charge in [0.25, 0.3) is 0 Å². The Bertz CT molecular complexity index is 1200. The third-order valence-electron chi connectivity index (χ3n) is 7.40. The lowest BCUT2D eigenvalue weighted by Crippen LogP contribution is -2.39. The molecule has 0 aliphatic carbocycles. The monoisotopic (exact) mass is 568 g/mol. The summed E-state index contributed by atoms with van der Waals surface area (Å²) in [7, 11) is 0. The van der Waals surface area contributed by atoms with Crippen LogP contribution >= 0.6 is 0 Å². The zero-order chi connectivity index (χ0) is 29.7. The highest BCUT2D eigenvalue weighted by atomic mass is 16.6. The summed E-state index contributed by atoms with van der Waals surface area (Å²) in [5, 5.41) is 23.6. The van der Waals surface area contributed by atoms with E-state index in [0.29, 0.717) is 26.1 Å². The summed E-state index contributed by atoms with van der Waals surface area (Å²) in [5.74, 6) is 0. The van der Waals surface area contributed by atoms with Gasteiger partial charge in [0.15, 0.2) is 11.2 Å². The first kappa shape index (κ1) is 30.6. The van der Waals surface area contributed by atoms with Crippen LogP contribution in [0.5, 0.6) is 0 Å². The van der Waals surface area contributed by atoms with Crippen LogP contribution in [0.2, 0.25) is 0 Å². The molecule has 8 heteroatoms. The molecule has 218 valence electrons. The molecular weight excluding hydrogens is 532 g/mol. The maximum Gasteiger partial charge on any atom is 0.240 e. The molecule has 0 saturated carbocycles. The topological polar surface area (TPSA) is 105 Å². The average Bonchev–Trinajstić information content (AvgIpc) is 3.02. The van der Waals surface area contributed by atoms with Crippen molar-refractivity contribution in [2.24, 2.45) is 0 Å². The van der Waals surface area contributed by atoms with E-state index in [1.807, 2.05) is 121 Å². The summed E-state index contributed by atoms with van der Waals surface area (Å²) in [6.45, 7) is -0.0751. The van der Waals surface area contributed by atoms with Gasteiger partial charge in [-0.15, -0.1) is 0 Å². The van der Waals surface area contributed by atoms with Crippen LogP contribution in [-0.4, -0.2) is 36.1 Å². The van der Waals surface area contributed by atoms with Crippen molar-refractivity contribution in [1.29, 1.82) is 0 Å². The normalized spacial score (nSPS) is 11.7. The molecule has 4 aromatic carbocycles. The minimum atomic E-state index is -1.19. The van der Waals surface area contributed by atoms with Crippen LogP contribution in [0.4, 0.5) is 0 Å². The fourth-order valence-corrected chi connectivity index (χ4v) is 5.37. The molecule has 8 nitrogen and oxygen atoms in total. The van der Waals surface area contributed by atoms with Crippen LogP contribution in [0.15, 0.2) is 121 Å². The van der Waals surface area contributed by atoms with Gasteiger partial charge in [0, 0.05) is 23.1 Å². The Labute approximate surface area is 246 Å². The Morgan fingerprint density at radius 2 is 0.714 bits per heavy atom. The number of hydrogen-bond donors (Lipinski definition) is 0. The Balaban J connectivity index is 1.38. The minimum absolute atomic E-state index is 0.325. The molecule has 0 aromatic heterocycles. The van der Waals surface area contributed by atoms with Crippen molar-refractivity contribution in [3.8, 4) is 0 Å². The van der Waals surface area contributed by atoms with Gasteiger partial charge < -0.3 is 9.47 Å². The lowest BCUT2D eigenvalue weighted by atomic mass is 9.86. The van der Waals surface area contributed by atoms with E-state index in [0.717, 1.165) is 35.1 Å². The summed E-state index contributed by atoms with van der Waals surface area (Å²) in [5.41, 5.74) is 0.580. The van der Waals surface area contributed by atoms with Gasteiger partial charge in [-0.3, -0.25) is 20.2 Å². The number of nitro groups is 2. The van der Waals surface area contributed by atoms with Crippen molar-refractivity contribution in [3.63, 3.8) is 0 Å². The smallest absolute Gasteiger partial charge is 0.240 e. The fourth-order valence-electron chi connectivity index (χ4n) is 5.37. The average molecular weight is 569 g/mol. The molecule has 0 unspecified atom stereocenters. The number of hydrogen-bond acceptors (Lipinski definition) is 6. The van der Waals surface area contributed by atoms with Gasteiger partial charge in [-0.1, -0.05) is 134 Å². The van der Waals surface area contributed by atoms with Crippen LogP contribution in [0.3, 0.4) is 0 Å². The maximum atomic E-state index is 11.8. The van der Waals surface area contributed by atoms with Crippen molar-refractivity contribution >= 4 is 0 Å². The van der Waals surface area contributed by atoms with E-state index >= 15 is 0 Å². The highest BCUT2D eigenvalue weighted by molar-refractivity contribution is 5.38. The standard InChI is InChI=1S/C34H36N2O6/c37-35(38)27-33(29-17-7-3-8-18-29,30-19-9-4-10-20-30)41-25-15-1-2-16-26-42-34(28-36(39)40,31-21-11-5-12-22-31)32-23-13-6-14-24-32/h3-14,17-24H,1-2,15-16,25-28H2. The molecule has 42 heavy (non-hydrogen) atoms. The zero-order valence-corrected chi connectivity index (χ0v) is 23.5. The molecular formula is C34H36N2O6. The number of ether oxygens (including phenoxy) is 2. The van der Waals surface area contributed by atoms with Gasteiger partial charge in [0.1, 0.15) is 0 Å². The highest BCUT2D eigenvalue weighted by Crippen LogP contribution is 2.36. The van der Waals surface area contributed by atoms with Crippen LogP contribution in [-0.2, 0) is 20.7 Å². The molecule has 0 bridgehead atoms. The molecule has 0 spiro atoms. The van der Waals surface area contributed by atoms with E-state index in [4.69, 9.17) is 9.47 Å². The second-order valence-corrected chi connectivity index (χ2v) is 10.2. The molecule has 0 atom stereocenters. The maximum absolute atomic E-state index is 11.8. The van der Waals surface area contributed by atoms with Crippen molar-refractivity contribution < 1.29 is 19.3 Å². The summed E-state index contributed by atoms with van der Waals surface area (Å²) in [6.07, 6.45) is 3.05. The van der Waals surface area contributed by atoms with Crippen molar-refractivity contribution in [3.05, 3.63) is 164 Å². The van der Waals surface area contributed by atoms with Gasteiger partial charge in [0.2, 0.25) is 13.1 Å². The number of rotatable bonds is 17. The SMILES string of the molecule is O=[N+]([O-])CC(OCCCCCCOC(C[N+](=O)[O-])(c1ccccc1)c1ccccc1)(c1ccccc1)c1ccccc1. The quantitative estimate of drug-likeness (QED) is 0.0770. The van der Waals surface area contributed by atoms with Gasteiger partial charge in [-0.2, -0.15) is 0 Å². The number of unbranched alkanes of at least 4 members (excludes halogenated alkanes) is 3. The first-order chi connectivity index (χ1) is 20.5. The number of benzene rings is 4. The Hall–Kier alpha value is -4.40. The molecule has 0 aliphatic rings. The summed E-state index contributed by atoms with van der Waals surface area (Å²) in [6, 6.07) is 37.3. The lowest BCUT2D eigenvalue weighted by molar-refractivity contribution is -0.501. The van der Waals surface area contributed by atoms with Gasteiger partial charge in [-0.25, -0.2) is 0 Å². The first-order valence-electron chi connectivity index (χ1n) is 14.2. The number of nitrogens with zero attached hydrogens (tertiary/aromatic N) is 2. The predicted molar refractivity (Wildman–Crippen MR) is 161 cm³/mol. The van der Waals surface area contributed by atoms with Crippen LogP contribution in [0.25, 0.3) is 0 Å². The van der Waals surface area contributed by atoms with Crippen LogP contribution in [0, 0.1) is 20.2 Å². The molecule has 4 aromatic rings. The van der Waals surface area contributed by atoms with Gasteiger partial charge in [-0.05, 0) is 35.1 Å².